The third-order valence-electron chi connectivity index (χ3n) is 2.82. The second-order valence-electron chi connectivity index (χ2n) is 4.37. The largest absolute Gasteiger partial charge is 0.480 e. The number of halogens is 1. The molecule has 1 aromatic rings. The minimum Gasteiger partial charge on any atom is -0.480 e. The van der Waals surface area contributed by atoms with Crippen molar-refractivity contribution in [2.45, 2.75) is 38.8 Å². The van der Waals surface area contributed by atoms with Crippen LogP contribution in [-0.2, 0) is 11.3 Å². The molecule has 0 fully saturated rings. The van der Waals surface area contributed by atoms with Crippen molar-refractivity contribution < 1.29 is 14.3 Å². The first kappa shape index (κ1) is 13.6. The molecule has 4 heteroatoms. The van der Waals surface area contributed by atoms with Gasteiger partial charge in [0.15, 0.2) is 0 Å². The molecule has 3 nitrogen and oxygen atoms in total. The van der Waals surface area contributed by atoms with Crippen LogP contribution >= 0.6 is 0 Å². The zero-order chi connectivity index (χ0) is 12.9. The van der Waals surface area contributed by atoms with Gasteiger partial charge in [-0.05, 0) is 31.0 Å². The van der Waals surface area contributed by atoms with Gasteiger partial charge in [-0.1, -0.05) is 25.5 Å². The first-order valence-corrected chi connectivity index (χ1v) is 5.71. The normalized spacial score (nSPS) is 14.3. The molecule has 2 N–H and O–H groups in total. The van der Waals surface area contributed by atoms with Crippen molar-refractivity contribution in [2.75, 3.05) is 0 Å². The van der Waals surface area contributed by atoms with Gasteiger partial charge in [-0.2, -0.15) is 0 Å². The van der Waals surface area contributed by atoms with Crippen molar-refractivity contribution in [1.82, 2.24) is 5.32 Å². The number of nitrogens with one attached hydrogen (secondary N) is 1. The molecule has 0 spiro atoms. The Balaban J connectivity index is 2.64. The number of carboxylic acids is 1. The van der Waals surface area contributed by atoms with Gasteiger partial charge in [0, 0.05) is 6.54 Å². The first-order chi connectivity index (χ1) is 7.98. The number of hydrogen-bond donors (Lipinski definition) is 2. The van der Waals surface area contributed by atoms with Crippen LogP contribution < -0.4 is 5.32 Å². The first-order valence-electron chi connectivity index (χ1n) is 5.71. The van der Waals surface area contributed by atoms with E-state index in [2.05, 4.69) is 5.32 Å². The molecular formula is C13H18FNO2. The van der Waals surface area contributed by atoms with Crippen molar-refractivity contribution in [1.29, 1.82) is 0 Å². The smallest absolute Gasteiger partial charge is 0.323 e. The van der Waals surface area contributed by atoms with Crippen molar-refractivity contribution in [2.24, 2.45) is 0 Å². The Hall–Kier alpha value is -1.42. The molecule has 0 saturated heterocycles. The Morgan fingerprint density at radius 2 is 2.00 bits per heavy atom. The molecule has 1 rings (SSSR count). The Morgan fingerprint density at radius 1 is 1.41 bits per heavy atom. The van der Waals surface area contributed by atoms with E-state index >= 15 is 0 Å². The molecule has 1 aromatic carbocycles. The third-order valence-corrected chi connectivity index (χ3v) is 2.82. The van der Waals surface area contributed by atoms with E-state index in [1.54, 1.807) is 19.1 Å². The summed E-state index contributed by atoms with van der Waals surface area (Å²) in [6, 6.07) is 6.04. The van der Waals surface area contributed by atoms with Crippen LogP contribution in [0.2, 0.25) is 0 Å². The molecular weight excluding hydrogens is 221 g/mol. The van der Waals surface area contributed by atoms with E-state index in [1.165, 1.54) is 12.1 Å². The lowest BCUT2D eigenvalue weighted by atomic mass is 9.96. The van der Waals surface area contributed by atoms with Crippen LogP contribution in [0.15, 0.2) is 24.3 Å². The van der Waals surface area contributed by atoms with Crippen LogP contribution in [-0.4, -0.2) is 16.6 Å². The number of aliphatic carboxylic acids is 1. The fourth-order valence-corrected chi connectivity index (χ4v) is 1.67. The Bertz CT molecular complexity index is 378. The molecule has 0 aliphatic rings. The van der Waals surface area contributed by atoms with E-state index in [1.807, 2.05) is 6.92 Å². The van der Waals surface area contributed by atoms with Crippen molar-refractivity contribution in [3.63, 3.8) is 0 Å². The average molecular weight is 239 g/mol. The Morgan fingerprint density at radius 3 is 2.47 bits per heavy atom. The number of carboxylic acid groups (broad SMARTS) is 1. The van der Waals surface area contributed by atoms with Crippen LogP contribution in [0.5, 0.6) is 0 Å². The van der Waals surface area contributed by atoms with Crippen LogP contribution in [0.4, 0.5) is 4.39 Å². The van der Waals surface area contributed by atoms with Gasteiger partial charge in [-0.15, -0.1) is 0 Å². The van der Waals surface area contributed by atoms with Crippen molar-refractivity contribution in [3.05, 3.63) is 35.6 Å². The predicted octanol–water partition coefficient (Wildman–Crippen LogP) is 2.56. The summed E-state index contributed by atoms with van der Waals surface area (Å²) in [5.41, 5.74) is -0.0571. The summed E-state index contributed by atoms with van der Waals surface area (Å²) in [7, 11) is 0. The monoisotopic (exact) mass is 239 g/mol. The fraction of sp³-hybridized carbons (Fsp3) is 0.462. The minimum absolute atomic E-state index is 0.289. The van der Waals surface area contributed by atoms with Gasteiger partial charge in [-0.25, -0.2) is 4.39 Å². The summed E-state index contributed by atoms with van der Waals surface area (Å²) in [5.74, 6) is -1.15. The lowest BCUT2D eigenvalue weighted by Gasteiger charge is -2.25. The number of rotatable bonds is 6. The van der Waals surface area contributed by atoms with Gasteiger partial charge in [0.25, 0.3) is 0 Å². The number of hydrogen-bond acceptors (Lipinski definition) is 2. The highest BCUT2D eigenvalue weighted by atomic mass is 19.1. The SMILES string of the molecule is CCCC(C)(NCc1ccc(F)cc1)C(=O)O. The van der Waals surface area contributed by atoms with Crippen LogP contribution in [0, 0.1) is 5.82 Å². The molecule has 0 aliphatic carbocycles. The highest BCUT2D eigenvalue weighted by molar-refractivity contribution is 5.78. The molecule has 17 heavy (non-hydrogen) atoms. The van der Waals surface area contributed by atoms with E-state index in [-0.39, 0.29) is 5.82 Å². The lowest BCUT2D eigenvalue weighted by molar-refractivity contribution is -0.144. The quantitative estimate of drug-likeness (QED) is 0.802. The molecule has 0 amide bonds. The zero-order valence-electron chi connectivity index (χ0n) is 10.2. The fourth-order valence-electron chi connectivity index (χ4n) is 1.67. The summed E-state index contributed by atoms with van der Waals surface area (Å²) in [5, 5.41) is 12.2. The van der Waals surface area contributed by atoms with Gasteiger partial charge >= 0.3 is 5.97 Å². The van der Waals surface area contributed by atoms with Crippen molar-refractivity contribution in [3.8, 4) is 0 Å². The van der Waals surface area contributed by atoms with E-state index in [0.717, 1.165) is 12.0 Å². The highest BCUT2D eigenvalue weighted by Gasteiger charge is 2.31. The summed E-state index contributed by atoms with van der Waals surface area (Å²) in [6.45, 7) is 4.03. The third kappa shape index (κ3) is 3.82. The standard InChI is InChI=1S/C13H18FNO2/c1-3-8-13(2,12(16)17)15-9-10-4-6-11(14)7-5-10/h4-7,15H,3,8-9H2,1-2H3,(H,16,17). The summed E-state index contributed by atoms with van der Waals surface area (Å²) >= 11 is 0. The molecule has 0 aromatic heterocycles. The summed E-state index contributed by atoms with van der Waals surface area (Å²) < 4.78 is 12.7. The van der Waals surface area contributed by atoms with Crippen LogP contribution in [0.25, 0.3) is 0 Å². The van der Waals surface area contributed by atoms with Gasteiger partial charge in [0.2, 0.25) is 0 Å². The van der Waals surface area contributed by atoms with E-state index in [9.17, 15) is 9.18 Å². The van der Waals surface area contributed by atoms with E-state index < -0.39 is 11.5 Å². The molecule has 0 bridgehead atoms. The minimum atomic E-state index is -0.927. The maximum atomic E-state index is 12.7. The topological polar surface area (TPSA) is 49.3 Å². The molecule has 0 aliphatic heterocycles. The van der Waals surface area contributed by atoms with Gasteiger partial charge in [0.1, 0.15) is 11.4 Å². The number of carbonyl (C=O) groups is 1. The average Bonchev–Trinajstić information content (AvgIpc) is 2.28. The molecule has 1 unspecified atom stereocenters. The van der Waals surface area contributed by atoms with Crippen molar-refractivity contribution >= 4 is 5.97 Å². The lowest BCUT2D eigenvalue weighted by Crippen LogP contribution is -2.48. The van der Waals surface area contributed by atoms with Crippen LogP contribution in [0.1, 0.15) is 32.3 Å². The second kappa shape index (κ2) is 5.77. The molecule has 94 valence electrons. The maximum Gasteiger partial charge on any atom is 0.323 e. The van der Waals surface area contributed by atoms with Gasteiger partial charge in [-0.3, -0.25) is 10.1 Å². The van der Waals surface area contributed by atoms with E-state index in [0.29, 0.717) is 13.0 Å². The molecule has 0 heterocycles. The summed E-state index contributed by atoms with van der Waals surface area (Å²) in [4.78, 5) is 11.2. The number of benzene rings is 1. The maximum absolute atomic E-state index is 12.7. The molecule has 1 atom stereocenters. The van der Waals surface area contributed by atoms with Gasteiger partial charge in [0.05, 0.1) is 0 Å². The van der Waals surface area contributed by atoms with Gasteiger partial charge < -0.3 is 5.11 Å². The predicted molar refractivity (Wildman–Crippen MR) is 64.2 cm³/mol. The summed E-state index contributed by atoms with van der Waals surface area (Å²) in [6.07, 6.45) is 1.35. The molecule has 0 saturated carbocycles. The highest BCUT2D eigenvalue weighted by Crippen LogP contribution is 2.14. The molecule has 0 radical (unpaired) electrons. The van der Waals surface area contributed by atoms with Crippen LogP contribution in [0.3, 0.4) is 0 Å². The van der Waals surface area contributed by atoms with E-state index in [4.69, 9.17) is 5.11 Å². The second-order valence-corrected chi connectivity index (χ2v) is 4.37. The Kier molecular flexibility index (Phi) is 4.63. The Labute approximate surface area is 101 Å². The zero-order valence-corrected chi connectivity index (χ0v) is 10.2.